The van der Waals surface area contributed by atoms with E-state index in [1.165, 1.54) is 24.3 Å². The Hall–Kier alpha value is -1.51. The van der Waals surface area contributed by atoms with Crippen LogP contribution in [0.2, 0.25) is 0 Å². The van der Waals surface area contributed by atoms with Gasteiger partial charge in [0.1, 0.15) is 0 Å². The van der Waals surface area contributed by atoms with Gasteiger partial charge in [-0.1, -0.05) is 0 Å². The van der Waals surface area contributed by atoms with Crippen molar-refractivity contribution in [2.45, 2.75) is 23.8 Å². The number of nitro groups is 1. The zero-order valence-electron chi connectivity index (χ0n) is 11.4. The summed E-state index contributed by atoms with van der Waals surface area (Å²) in [5.41, 5.74) is -0.115. The van der Waals surface area contributed by atoms with Gasteiger partial charge in [-0.25, -0.2) is 13.1 Å². The Morgan fingerprint density at radius 2 is 1.71 bits per heavy atom. The minimum atomic E-state index is -3.61. The molecule has 0 aromatic heterocycles. The molecule has 21 heavy (non-hydrogen) atoms. The summed E-state index contributed by atoms with van der Waals surface area (Å²) in [6.45, 7) is 1.92. The molecule has 0 amide bonds. The Bertz CT molecular complexity index is 632. The first-order chi connectivity index (χ1) is 9.95. The largest absolute Gasteiger partial charge is 0.316 e. The predicted molar refractivity (Wildman–Crippen MR) is 76.3 cm³/mol. The summed E-state index contributed by atoms with van der Waals surface area (Å²) in [5, 5.41) is 13.9. The van der Waals surface area contributed by atoms with Crippen molar-refractivity contribution in [1.82, 2.24) is 10.0 Å². The van der Waals surface area contributed by atoms with Crippen LogP contribution in [0.25, 0.3) is 0 Å². The van der Waals surface area contributed by atoms with Gasteiger partial charge in [-0.2, -0.15) is 0 Å². The summed E-state index contributed by atoms with van der Waals surface area (Å²) in [4.78, 5) is 10.1. The average Bonchev–Trinajstić information content (AvgIpc) is 2.99. The van der Waals surface area contributed by atoms with Gasteiger partial charge in [0.15, 0.2) is 0 Å². The molecule has 7 nitrogen and oxygen atoms in total. The summed E-state index contributed by atoms with van der Waals surface area (Å²) < 4.78 is 27.3. The van der Waals surface area contributed by atoms with Gasteiger partial charge in [0.25, 0.3) is 5.69 Å². The lowest BCUT2D eigenvalue weighted by molar-refractivity contribution is -0.384. The number of nitrogens with zero attached hydrogens (tertiary/aromatic N) is 1. The molecule has 1 aromatic carbocycles. The number of hydrogen-bond donors (Lipinski definition) is 2. The van der Waals surface area contributed by atoms with Crippen LogP contribution in [0.5, 0.6) is 0 Å². The number of nitro benzene ring substituents is 1. The Labute approximate surface area is 122 Å². The molecule has 1 heterocycles. The Morgan fingerprint density at radius 3 is 2.24 bits per heavy atom. The van der Waals surface area contributed by atoms with Crippen molar-refractivity contribution in [2.24, 2.45) is 11.8 Å². The van der Waals surface area contributed by atoms with Crippen LogP contribution in [0.3, 0.4) is 0 Å². The number of nitrogens with one attached hydrogen (secondary N) is 2. The lowest BCUT2D eigenvalue weighted by atomic mass is 10.0. The van der Waals surface area contributed by atoms with Crippen molar-refractivity contribution in [3.8, 4) is 0 Å². The molecular weight excluding hydrogens is 294 g/mol. The molecule has 1 aromatic rings. The highest BCUT2D eigenvalue weighted by Crippen LogP contribution is 2.35. The maximum absolute atomic E-state index is 12.3. The zero-order valence-corrected chi connectivity index (χ0v) is 12.2. The Kier molecular flexibility index (Phi) is 3.68. The van der Waals surface area contributed by atoms with E-state index in [1.54, 1.807) is 0 Å². The maximum atomic E-state index is 12.3. The van der Waals surface area contributed by atoms with Crippen LogP contribution >= 0.6 is 0 Å². The summed E-state index contributed by atoms with van der Waals surface area (Å²) in [7, 11) is -3.61. The molecule has 2 N–H and O–H groups in total. The second kappa shape index (κ2) is 5.36. The van der Waals surface area contributed by atoms with E-state index in [0.29, 0.717) is 11.8 Å². The van der Waals surface area contributed by atoms with Gasteiger partial charge in [0.05, 0.1) is 9.82 Å². The van der Waals surface area contributed by atoms with E-state index in [1.807, 2.05) is 0 Å². The number of non-ortho nitro benzene ring substituents is 1. The van der Waals surface area contributed by atoms with Gasteiger partial charge in [-0.3, -0.25) is 10.1 Å². The fourth-order valence-corrected chi connectivity index (χ4v) is 4.56. The van der Waals surface area contributed by atoms with Crippen LogP contribution in [-0.4, -0.2) is 32.5 Å². The van der Waals surface area contributed by atoms with Gasteiger partial charge in [-0.05, 0) is 49.9 Å². The number of rotatable bonds is 4. The van der Waals surface area contributed by atoms with Gasteiger partial charge >= 0.3 is 0 Å². The number of fused-ring (bicyclic) bond motifs is 1. The smallest absolute Gasteiger partial charge is 0.269 e. The molecule has 3 rings (SSSR count). The molecule has 1 aliphatic carbocycles. The van der Waals surface area contributed by atoms with E-state index in [9.17, 15) is 18.5 Å². The first-order valence-electron chi connectivity index (χ1n) is 6.93. The lowest BCUT2D eigenvalue weighted by Crippen LogP contribution is -2.34. The fourth-order valence-electron chi connectivity index (χ4n) is 3.30. The standard InChI is InChI=1S/C13H17N3O4S/c17-16(18)12-1-3-13(4-2-12)21(19,20)15-11-5-9-7-14-8-10(9)6-11/h1-4,9-11,14-15H,5-8H2. The van der Waals surface area contributed by atoms with Gasteiger partial charge < -0.3 is 5.32 Å². The molecule has 1 saturated heterocycles. The molecule has 0 bridgehead atoms. The van der Waals surface area contributed by atoms with Crippen molar-refractivity contribution in [3.05, 3.63) is 34.4 Å². The van der Waals surface area contributed by atoms with Crippen molar-refractivity contribution < 1.29 is 13.3 Å². The first kappa shape index (κ1) is 14.4. The average molecular weight is 311 g/mol. The highest BCUT2D eigenvalue weighted by Gasteiger charge is 2.38. The van der Waals surface area contributed by atoms with Crippen LogP contribution in [0, 0.1) is 22.0 Å². The monoisotopic (exact) mass is 311 g/mol. The highest BCUT2D eigenvalue weighted by molar-refractivity contribution is 7.89. The SMILES string of the molecule is O=[N+]([O-])c1ccc(S(=O)(=O)NC2CC3CNCC3C2)cc1. The molecule has 1 aliphatic heterocycles. The van der Waals surface area contributed by atoms with Crippen molar-refractivity contribution in [1.29, 1.82) is 0 Å². The molecule has 2 unspecified atom stereocenters. The maximum Gasteiger partial charge on any atom is 0.269 e. The van der Waals surface area contributed by atoms with E-state index < -0.39 is 14.9 Å². The van der Waals surface area contributed by atoms with E-state index in [4.69, 9.17) is 0 Å². The Balaban J connectivity index is 1.70. The van der Waals surface area contributed by atoms with Gasteiger partial charge in [0.2, 0.25) is 10.0 Å². The summed E-state index contributed by atoms with van der Waals surface area (Å²) in [6.07, 6.45) is 1.70. The van der Waals surface area contributed by atoms with E-state index in [0.717, 1.165) is 25.9 Å². The van der Waals surface area contributed by atoms with Crippen molar-refractivity contribution in [3.63, 3.8) is 0 Å². The molecular formula is C13H17N3O4S. The van der Waals surface area contributed by atoms with Crippen molar-refractivity contribution in [2.75, 3.05) is 13.1 Å². The van der Waals surface area contributed by atoms with E-state index in [2.05, 4.69) is 10.0 Å². The second-order valence-electron chi connectivity index (χ2n) is 5.72. The van der Waals surface area contributed by atoms with Crippen LogP contribution in [0.4, 0.5) is 5.69 Å². The molecule has 8 heteroatoms. The fraction of sp³-hybridized carbons (Fsp3) is 0.538. The quantitative estimate of drug-likeness (QED) is 0.634. The minimum absolute atomic E-state index is 0.0395. The third-order valence-corrected chi connectivity index (χ3v) is 5.87. The van der Waals surface area contributed by atoms with Crippen molar-refractivity contribution >= 4 is 15.7 Å². The van der Waals surface area contributed by atoms with E-state index in [-0.39, 0.29) is 16.6 Å². The summed E-state index contributed by atoms with van der Waals surface area (Å²) in [5.74, 6) is 1.10. The Morgan fingerprint density at radius 1 is 1.14 bits per heavy atom. The molecule has 2 atom stereocenters. The summed E-state index contributed by atoms with van der Waals surface area (Å²) >= 11 is 0. The van der Waals surface area contributed by atoms with Gasteiger partial charge in [-0.15, -0.1) is 0 Å². The molecule has 2 aliphatic rings. The molecule has 114 valence electrons. The van der Waals surface area contributed by atoms with Crippen LogP contribution in [0.1, 0.15) is 12.8 Å². The number of benzene rings is 1. The second-order valence-corrected chi connectivity index (χ2v) is 7.43. The van der Waals surface area contributed by atoms with Crippen LogP contribution in [-0.2, 0) is 10.0 Å². The topological polar surface area (TPSA) is 101 Å². The summed E-state index contributed by atoms with van der Waals surface area (Å²) in [6, 6.07) is 4.93. The molecule has 0 radical (unpaired) electrons. The third-order valence-electron chi connectivity index (χ3n) is 4.33. The number of sulfonamides is 1. The predicted octanol–water partition coefficient (Wildman–Crippen LogP) is 0.871. The first-order valence-corrected chi connectivity index (χ1v) is 8.41. The van der Waals surface area contributed by atoms with E-state index >= 15 is 0 Å². The normalized spacial score (nSPS) is 28.5. The third kappa shape index (κ3) is 2.92. The minimum Gasteiger partial charge on any atom is -0.316 e. The molecule has 0 spiro atoms. The molecule has 1 saturated carbocycles. The van der Waals surface area contributed by atoms with Gasteiger partial charge in [0, 0.05) is 18.2 Å². The van der Waals surface area contributed by atoms with Crippen LogP contribution < -0.4 is 10.0 Å². The highest BCUT2D eigenvalue weighted by atomic mass is 32.2. The molecule has 2 fully saturated rings. The lowest BCUT2D eigenvalue weighted by Gasteiger charge is -2.14. The zero-order chi connectivity index (χ0) is 15.0. The van der Waals surface area contributed by atoms with Crippen LogP contribution in [0.15, 0.2) is 29.2 Å². The number of hydrogen-bond acceptors (Lipinski definition) is 5.